The molecule has 0 unspecified atom stereocenters. The van der Waals surface area contributed by atoms with E-state index in [0.29, 0.717) is 11.3 Å². The van der Waals surface area contributed by atoms with E-state index in [9.17, 15) is 14.4 Å². The van der Waals surface area contributed by atoms with Crippen LogP contribution < -0.4 is 15.8 Å². The Morgan fingerprint density at radius 3 is 2.72 bits per heavy atom. The summed E-state index contributed by atoms with van der Waals surface area (Å²) in [6.07, 6.45) is 5.22. The smallest absolute Gasteiger partial charge is 0.257 e. The number of nitrogens with one attached hydrogen (secondary N) is 2. The van der Waals surface area contributed by atoms with Gasteiger partial charge >= 0.3 is 0 Å². The summed E-state index contributed by atoms with van der Waals surface area (Å²) >= 11 is 0. The number of aryl methyl sites for hydroxylation is 1. The summed E-state index contributed by atoms with van der Waals surface area (Å²) in [6.45, 7) is 0.769. The minimum absolute atomic E-state index is 0.200. The molecule has 2 aromatic rings. The van der Waals surface area contributed by atoms with Crippen molar-refractivity contribution in [3.63, 3.8) is 0 Å². The number of aromatic amines is 1. The van der Waals surface area contributed by atoms with Crippen molar-refractivity contribution >= 4 is 23.2 Å². The molecule has 1 aliphatic carbocycles. The predicted molar refractivity (Wildman–Crippen MR) is 94.9 cm³/mol. The summed E-state index contributed by atoms with van der Waals surface area (Å²) < 4.78 is 0. The first-order chi connectivity index (χ1) is 12.1. The Kier molecular flexibility index (Phi) is 3.87. The van der Waals surface area contributed by atoms with Crippen molar-refractivity contribution in [3.05, 3.63) is 58.0 Å². The first kappa shape index (κ1) is 15.6. The van der Waals surface area contributed by atoms with E-state index in [1.807, 2.05) is 23.1 Å². The second kappa shape index (κ2) is 6.20. The molecule has 128 valence electrons. The first-order valence-corrected chi connectivity index (χ1v) is 8.56. The molecule has 4 rings (SSSR count). The van der Waals surface area contributed by atoms with Crippen LogP contribution in [0.3, 0.4) is 0 Å². The number of H-pyrrole nitrogens is 1. The number of carbonyl (C=O) groups excluding carboxylic acids is 2. The molecule has 0 saturated heterocycles. The monoisotopic (exact) mass is 337 g/mol. The highest BCUT2D eigenvalue weighted by Gasteiger charge is 2.35. The van der Waals surface area contributed by atoms with Crippen LogP contribution in [-0.4, -0.2) is 23.3 Å². The number of hydrogen-bond donors (Lipinski definition) is 2. The maximum absolute atomic E-state index is 12.4. The Balaban J connectivity index is 1.54. The zero-order valence-electron chi connectivity index (χ0n) is 13.7. The molecule has 2 aliphatic rings. The Hall–Kier alpha value is -2.89. The third kappa shape index (κ3) is 3.20. The van der Waals surface area contributed by atoms with Gasteiger partial charge in [0.2, 0.25) is 11.5 Å². The third-order valence-corrected chi connectivity index (χ3v) is 4.70. The minimum Gasteiger partial charge on any atom is -0.328 e. The van der Waals surface area contributed by atoms with Crippen LogP contribution in [0.2, 0.25) is 0 Å². The normalized spacial score (nSPS) is 16.2. The lowest BCUT2D eigenvalue weighted by atomic mass is 10.0. The van der Waals surface area contributed by atoms with Crippen molar-refractivity contribution in [3.8, 4) is 0 Å². The quantitative estimate of drug-likeness (QED) is 0.902. The third-order valence-electron chi connectivity index (χ3n) is 4.70. The van der Waals surface area contributed by atoms with E-state index < -0.39 is 0 Å². The van der Waals surface area contributed by atoms with Gasteiger partial charge in [0.1, 0.15) is 0 Å². The molecule has 1 fully saturated rings. The van der Waals surface area contributed by atoms with Gasteiger partial charge in [-0.2, -0.15) is 0 Å². The number of fused-ring (bicyclic) bond motifs is 1. The lowest BCUT2D eigenvalue weighted by Crippen LogP contribution is -2.36. The van der Waals surface area contributed by atoms with Crippen LogP contribution in [0.5, 0.6) is 0 Å². The molecule has 1 aromatic carbocycles. The number of nitrogens with zero attached hydrogens (tertiary/aromatic N) is 1. The van der Waals surface area contributed by atoms with E-state index in [2.05, 4.69) is 10.3 Å². The van der Waals surface area contributed by atoms with Crippen LogP contribution in [0, 0.1) is 5.92 Å². The summed E-state index contributed by atoms with van der Waals surface area (Å²) in [6, 6.07) is 8.48. The fourth-order valence-electron chi connectivity index (χ4n) is 3.21. The number of benzene rings is 1. The van der Waals surface area contributed by atoms with Crippen LogP contribution in [0.15, 0.2) is 41.3 Å². The van der Waals surface area contributed by atoms with E-state index >= 15 is 0 Å². The minimum atomic E-state index is -0.280. The van der Waals surface area contributed by atoms with Gasteiger partial charge < -0.3 is 15.2 Å². The number of carbonyl (C=O) groups is 2. The molecule has 1 aromatic heterocycles. The molecule has 6 heteroatoms. The SMILES string of the molecule is O=C(Nc1ccc2c(c1)CCCN2C(=O)C1CC1)c1ccc(=O)[nH]c1. The average molecular weight is 337 g/mol. The Morgan fingerprint density at radius 2 is 2.00 bits per heavy atom. The predicted octanol–water partition coefficient (Wildman–Crippen LogP) is 2.32. The van der Waals surface area contributed by atoms with Crippen LogP contribution in [-0.2, 0) is 11.2 Å². The topological polar surface area (TPSA) is 82.3 Å². The highest BCUT2D eigenvalue weighted by atomic mass is 16.2. The fraction of sp³-hybridized carbons (Fsp3) is 0.316. The van der Waals surface area contributed by atoms with Gasteiger partial charge in [0.25, 0.3) is 5.91 Å². The molecule has 0 radical (unpaired) electrons. The van der Waals surface area contributed by atoms with E-state index in [4.69, 9.17) is 0 Å². The van der Waals surface area contributed by atoms with Gasteiger partial charge in [-0.15, -0.1) is 0 Å². The number of pyridine rings is 1. The van der Waals surface area contributed by atoms with Gasteiger partial charge in [0.05, 0.1) is 5.56 Å². The van der Waals surface area contributed by atoms with Crippen molar-refractivity contribution in [1.82, 2.24) is 4.98 Å². The Bertz CT molecular complexity index is 879. The van der Waals surface area contributed by atoms with Crippen LogP contribution >= 0.6 is 0 Å². The summed E-state index contributed by atoms with van der Waals surface area (Å²) in [4.78, 5) is 40.2. The molecule has 1 saturated carbocycles. The van der Waals surface area contributed by atoms with Crippen molar-refractivity contribution in [2.45, 2.75) is 25.7 Å². The number of hydrogen-bond acceptors (Lipinski definition) is 3. The average Bonchev–Trinajstić information content (AvgIpc) is 3.46. The summed E-state index contributed by atoms with van der Waals surface area (Å²) in [7, 11) is 0. The van der Waals surface area contributed by atoms with E-state index in [-0.39, 0.29) is 23.3 Å². The molecule has 2 heterocycles. The van der Waals surface area contributed by atoms with Crippen molar-refractivity contribution in [2.24, 2.45) is 5.92 Å². The number of aromatic nitrogens is 1. The standard InChI is InChI=1S/C19H19N3O3/c23-17-8-5-14(11-20-17)18(24)21-15-6-7-16-13(10-15)2-1-9-22(16)19(25)12-3-4-12/h5-8,10-12H,1-4,9H2,(H,20,23)(H,21,24). The van der Waals surface area contributed by atoms with Gasteiger partial charge in [0, 0.05) is 36.1 Å². The number of amides is 2. The molecular weight excluding hydrogens is 318 g/mol. The lowest BCUT2D eigenvalue weighted by molar-refractivity contribution is -0.119. The van der Waals surface area contributed by atoms with E-state index in [0.717, 1.165) is 43.5 Å². The fourth-order valence-corrected chi connectivity index (χ4v) is 3.21. The molecule has 25 heavy (non-hydrogen) atoms. The van der Waals surface area contributed by atoms with Crippen molar-refractivity contribution < 1.29 is 9.59 Å². The van der Waals surface area contributed by atoms with Gasteiger partial charge in [0.15, 0.2) is 0 Å². The van der Waals surface area contributed by atoms with Gasteiger partial charge in [-0.25, -0.2) is 0 Å². The molecule has 6 nitrogen and oxygen atoms in total. The van der Waals surface area contributed by atoms with Gasteiger partial charge in [-0.3, -0.25) is 14.4 Å². The summed E-state index contributed by atoms with van der Waals surface area (Å²) in [5.41, 5.74) is 2.88. The zero-order chi connectivity index (χ0) is 17.4. The van der Waals surface area contributed by atoms with Gasteiger partial charge in [-0.05, 0) is 55.5 Å². The van der Waals surface area contributed by atoms with Crippen molar-refractivity contribution in [1.29, 1.82) is 0 Å². The number of anilines is 2. The second-order valence-corrected chi connectivity index (χ2v) is 6.61. The zero-order valence-corrected chi connectivity index (χ0v) is 13.7. The molecule has 0 bridgehead atoms. The maximum Gasteiger partial charge on any atom is 0.257 e. The number of rotatable bonds is 3. The maximum atomic E-state index is 12.4. The van der Waals surface area contributed by atoms with Gasteiger partial charge in [-0.1, -0.05) is 0 Å². The summed E-state index contributed by atoms with van der Waals surface area (Å²) in [5, 5.41) is 2.84. The highest BCUT2D eigenvalue weighted by Crippen LogP contribution is 2.36. The molecule has 1 aliphatic heterocycles. The first-order valence-electron chi connectivity index (χ1n) is 8.56. The van der Waals surface area contributed by atoms with E-state index in [1.54, 1.807) is 0 Å². The molecule has 0 atom stereocenters. The lowest BCUT2D eigenvalue weighted by Gasteiger charge is -2.30. The molecule has 2 amide bonds. The van der Waals surface area contributed by atoms with E-state index in [1.165, 1.54) is 18.3 Å². The Morgan fingerprint density at radius 1 is 1.16 bits per heavy atom. The second-order valence-electron chi connectivity index (χ2n) is 6.61. The summed E-state index contributed by atoms with van der Waals surface area (Å²) in [5.74, 6) is 0.148. The van der Waals surface area contributed by atoms with Crippen LogP contribution in [0.25, 0.3) is 0 Å². The Labute approximate surface area is 144 Å². The molecular formula is C19H19N3O3. The highest BCUT2D eigenvalue weighted by molar-refractivity contribution is 6.04. The van der Waals surface area contributed by atoms with Crippen LogP contribution in [0.1, 0.15) is 35.2 Å². The van der Waals surface area contributed by atoms with Crippen molar-refractivity contribution in [2.75, 3.05) is 16.8 Å². The van der Waals surface area contributed by atoms with Crippen LogP contribution in [0.4, 0.5) is 11.4 Å². The molecule has 2 N–H and O–H groups in total. The largest absolute Gasteiger partial charge is 0.328 e. The molecule has 0 spiro atoms.